The maximum absolute atomic E-state index is 12.4. The van der Waals surface area contributed by atoms with E-state index in [0.717, 1.165) is 11.4 Å². The van der Waals surface area contributed by atoms with E-state index >= 15 is 0 Å². The highest BCUT2D eigenvalue weighted by molar-refractivity contribution is 6.30. The summed E-state index contributed by atoms with van der Waals surface area (Å²) in [6, 6.07) is 4.92. The van der Waals surface area contributed by atoms with Crippen LogP contribution in [0.3, 0.4) is 0 Å². The van der Waals surface area contributed by atoms with Crippen LogP contribution in [0.2, 0.25) is 5.02 Å². The predicted molar refractivity (Wildman–Crippen MR) is 92.4 cm³/mol. The fourth-order valence-corrected chi connectivity index (χ4v) is 2.85. The lowest BCUT2D eigenvalue weighted by Gasteiger charge is -2.19. The summed E-state index contributed by atoms with van der Waals surface area (Å²) in [5.41, 5.74) is 2.55. The van der Waals surface area contributed by atoms with Gasteiger partial charge < -0.3 is 8.83 Å². The number of rotatable bonds is 6. The number of nitrogens with zero attached hydrogens (tertiary/aromatic N) is 5. The third-order valence-electron chi connectivity index (χ3n) is 3.80. The molecule has 0 aromatic carbocycles. The van der Waals surface area contributed by atoms with E-state index in [0.29, 0.717) is 36.0 Å². The van der Waals surface area contributed by atoms with Crippen molar-refractivity contribution in [3.8, 4) is 0 Å². The molecular formula is C17H14ClN5O3. The van der Waals surface area contributed by atoms with Gasteiger partial charge >= 0.3 is 0 Å². The molecule has 0 amide bonds. The second-order valence-electron chi connectivity index (χ2n) is 5.77. The zero-order valence-corrected chi connectivity index (χ0v) is 14.3. The monoisotopic (exact) mass is 371 g/mol. The molecule has 0 N–H and O–H groups in total. The van der Waals surface area contributed by atoms with Crippen LogP contribution in [-0.2, 0) is 19.6 Å². The predicted octanol–water partition coefficient (Wildman–Crippen LogP) is 2.53. The van der Waals surface area contributed by atoms with Gasteiger partial charge in [0.1, 0.15) is 18.2 Å². The summed E-state index contributed by atoms with van der Waals surface area (Å²) in [6.07, 6.45) is 7.49. The fourth-order valence-electron chi connectivity index (χ4n) is 2.69. The molecular weight excluding hydrogens is 358 g/mol. The van der Waals surface area contributed by atoms with E-state index in [-0.39, 0.29) is 5.56 Å². The lowest BCUT2D eigenvalue weighted by atomic mass is 10.3. The summed E-state index contributed by atoms with van der Waals surface area (Å²) in [5, 5.41) is 0.479. The highest BCUT2D eigenvalue weighted by atomic mass is 35.5. The van der Waals surface area contributed by atoms with E-state index in [4.69, 9.17) is 20.4 Å². The molecule has 0 bridgehead atoms. The van der Waals surface area contributed by atoms with Gasteiger partial charge in [0.25, 0.3) is 5.56 Å². The topological polar surface area (TPSA) is 89.7 Å². The molecule has 9 heteroatoms. The van der Waals surface area contributed by atoms with Crippen LogP contribution in [0.25, 0.3) is 5.65 Å². The smallest absolute Gasteiger partial charge is 0.258 e. The molecule has 0 spiro atoms. The average Bonchev–Trinajstić information content (AvgIpc) is 3.30. The number of hydrogen-bond acceptors (Lipinski definition) is 7. The molecule has 4 heterocycles. The first kappa shape index (κ1) is 16.5. The molecule has 4 aromatic heterocycles. The van der Waals surface area contributed by atoms with Gasteiger partial charge in [-0.1, -0.05) is 11.6 Å². The van der Waals surface area contributed by atoms with E-state index < -0.39 is 0 Å². The Balaban J connectivity index is 1.63. The summed E-state index contributed by atoms with van der Waals surface area (Å²) >= 11 is 5.95. The van der Waals surface area contributed by atoms with Gasteiger partial charge in [-0.3, -0.25) is 14.1 Å². The van der Waals surface area contributed by atoms with Crippen molar-refractivity contribution in [1.82, 2.24) is 24.3 Å². The van der Waals surface area contributed by atoms with Crippen LogP contribution in [0.15, 0.2) is 63.3 Å². The molecule has 0 aliphatic carbocycles. The summed E-state index contributed by atoms with van der Waals surface area (Å²) in [4.78, 5) is 27.3. The SMILES string of the molecule is O=c1cc(CN(Cc2cocn2)Cc2cocn2)nc2ccc(Cl)cn12. The summed E-state index contributed by atoms with van der Waals surface area (Å²) in [6.45, 7) is 1.48. The number of fused-ring (bicyclic) bond motifs is 1. The highest BCUT2D eigenvalue weighted by Gasteiger charge is 2.13. The van der Waals surface area contributed by atoms with Crippen molar-refractivity contribution in [2.75, 3.05) is 0 Å². The fraction of sp³-hybridized carbons (Fsp3) is 0.176. The molecule has 0 unspecified atom stereocenters. The number of hydrogen-bond donors (Lipinski definition) is 0. The third kappa shape index (κ3) is 3.66. The first-order valence-corrected chi connectivity index (χ1v) is 8.19. The van der Waals surface area contributed by atoms with Crippen LogP contribution >= 0.6 is 11.6 Å². The zero-order valence-electron chi connectivity index (χ0n) is 13.6. The molecule has 4 rings (SSSR count). The van der Waals surface area contributed by atoms with Crippen LogP contribution in [0, 0.1) is 0 Å². The van der Waals surface area contributed by atoms with Crippen molar-refractivity contribution in [2.24, 2.45) is 0 Å². The second kappa shape index (κ2) is 7.11. The Kier molecular flexibility index (Phi) is 4.51. The zero-order chi connectivity index (χ0) is 17.9. The van der Waals surface area contributed by atoms with Crippen LogP contribution in [0.1, 0.15) is 17.1 Å². The van der Waals surface area contributed by atoms with Gasteiger partial charge in [0.05, 0.1) is 22.1 Å². The van der Waals surface area contributed by atoms with Crippen LogP contribution in [0.5, 0.6) is 0 Å². The van der Waals surface area contributed by atoms with E-state index in [1.54, 1.807) is 30.9 Å². The Hall–Kier alpha value is -2.97. The highest BCUT2D eigenvalue weighted by Crippen LogP contribution is 2.13. The second-order valence-corrected chi connectivity index (χ2v) is 6.20. The maximum Gasteiger partial charge on any atom is 0.258 e. The Morgan fingerprint density at radius 1 is 1.00 bits per heavy atom. The van der Waals surface area contributed by atoms with Gasteiger partial charge in [0, 0.05) is 31.9 Å². The quantitative estimate of drug-likeness (QED) is 0.514. The summed E-state index contributed by atoms with van der Waals surface area (Å²) in [7, 11) is 0. The maximum atomic E-state index is 12.4. The third-order valence-corrected chi connectivity index (χ3v) is 4.02. The molecule has 0 aliphatic rings. The van der Waals surface area contributed by atoms with E-state index in [1.807, 2.05) is 4.90 Å². The summed E-state index contributed by atoms with van der Waals surface area (Å²) in [5.74, 6) is 0. The minimum absolute atomic E-state index is 0.185. The first-order valence-electron chi connectivity index (χ1n) is 7.82. The van der Waals surface area contributed by atoms with Gasteiger partial charge in [-0.25, -0.2) is 15.0 Å². The molecule has 8 nitrogen and oxygen atoms in total. The van der Waals surface area contributed by atoms with Gasteiger partial charge in [0.2, 0.25) is 0 Å². The molecule has 0 fully saturated rings. The Labute approximate surface area is 152 Å². The van der Waals surface area contributed by atoms with Crippen LogP contribution < -0.4 is 5.56 Å². The number of halogens is 1. The molecule has 0 atom stereocenters. The van der Waals surface area contributed by atoms with Gasteiger partial charge in [-0.05, 0) is 12.1 Å². The van der Waals surface area contributed by atoms with Crippen LogP contribution in [-0.4, -0.2) is 24.3 Å². The Morgan fingerprint density at radius 2 is 1.65 bits per heavy atom. The molecule has 26 heavy (non-hydrogen) atoms. The molecule has 0 saturated carbocycles. The largest absolute Gasteiger partial charge is 0.451 e. The Morgan fingerprint density at radius 3 is 2.27 bits per heavy atom. The van der Waals surface area contributed by atoms with Gasteiger partial charge in [-0.15, -0.1) is 0 Å². The van der Waals surface area contributed by atoms with Crippen molar-refractivity contribution in [1.29, 1.82) is 0 Å². The number of aromatic nitrogens is 4. The normalized spacial score (nSPS) is 11.5. The van der Waals surface area contributed by atoms with Crippen molar-refractivity contribution < 1.29 is 8.83 Å². The molecule has 0 saturated heterocycles. The van der Waals surface area contributed by atoms with Crippen LogP contribution in [0.4, 0.5) is 0 Å². The van der Waals surface area contributed by atoms with Gasteiger partial charge in [0.15, 0.2) is 12.8 Å². The van der Waals surface area contributed by atoms with E-state index in [1.165, 1.54) is 23.3 Å². The lowest BCUT2D eigenvalue weighted by molar-refractivity contribution is 0.238. The van der Waals surface area contributed by atoms with Crippen molar-refractivity contribution in [3.63, 3.8) is 0 Å². The van der Waals surface area contributed by atoms with E-state index in [9.17, 15) is 4.79 Å². The molecule has 132 valence electrons. The van der Waals surface area contributed by atoms with Crippen molar-refractivity contribution in [2.45, 2.75) is 19.6 Å². The lowest BCUT2D eigenvalue weighted by Crippen LogP contribution is -2.25. The minimum atomic E-state index is -0.185. The number of pyridine rings is 1. The standard InChI is InChI=1S/C17H14ClN5O3/c18-12-1-2-16-21-13(3-17(24)23(16)4-12)5-22(6-14-8-25-10-19-14)7-15-9-26-11-20-15/h1-4,8-11H,5-7H2. The van der Waals surface area contributed by atoms with Crippen molar-refractivity contribution >= 4 is 17.2 Å². The van der Waals surface area contributed by atoms with E-state index in [2.05, 4.69) is 15.0 Å². The average molecular weight is 372 g/mol. The molecule has 4 aromatic rings. The van der Waals surface area contributed by atoms with Gasteiger partial charge in [-0.2, -0.15) is 0 Å². The minimum Gasteiger partial charge on any atom is -0.451 e. The van der Waals surface area contributed by atoms with Crippen molar-refractivity contribution in [3.05, 3.63) is 82.2 Å². The number of oxazole rings is 2. The molecule has 0 aliphatic heterocycles. The summed E-state index contributed by atoms with van der Waals surface area (Å²) < 4.78 is 11.5. The molecule has 0 radical (unpaired) electrons. The first-order chi connectivity index (χ1) is 12.7. The Bertz CT molecular complexity index is 1020.